The van der Waals surface area contributed by atoms with Crippen LogP contribution in [0.1, 0.15) is 6.92 Å². The Balaban J connectivity index is -0.000000135. The van der Waals surface area contributed by atoms with Crippen molar-refractivity contribution in [1.82, 2.24) is 0 Å². The number of hydrogen-bond donors (Lipinski definition) is 0. The number of carbonyl (C=O) groups excluding carboxylic acids is 1. The summed E-state index contributed by atoms with van der Waals surface area (Å²) in [6.45, 7) is 7.57. The first-order chi connectivity index (χ1) is 6.42. The van der Waals surface area contributed by atoms with Gasteiger partial charge in [0.2, 0.25) is 0 Å². The molecule has 0 spiro atoms. The maximum atomic E-state index is 9.75. The molecule has 14 heavy (non-hydrogen) atoms. The van der Waals surface area contributed by atoms with Gasteiger partial charge in [0.25, 0.3) is 0 Å². The van der Waals surface area contributed by atoms with Crippen LogP contribution in [0.25, 0.3) is 0 Å². The molecule has 0 aromatic heterocycles. The van der Waals surface area contributed by atoms with Crippen molar-refractivity contribution in [2.75, 3.05) is 11.8 Å². The molecule has 0 radical (unpaired) electrons. The molecule has 0 unspecified atom stereocenters. The van der Waals surface area contributed by atoms with E-state index in [-0.39, 0.29) is 10.5 Å². The number of halogens is 4. The van der Waals surface area contributed by atoms with Gasteiger partial charge >= 0.3 is 5.97 Å². The summed E-state index contributed by atoms with van der Waals surface area (Å²) in [7, 11) is 0. The van der Waals surface area contributed by atoms with Gasteiger partial charge in [-0.25, -0.2) is 0 Å². The van der Waals surface area contributed by atoms with Gasteiger partial charge in [-0.05, 0) is 0 Å². The molecule has 0 aromatic rings. The highest BCUT2D eigenvalue weighted by molar-refractivity contribution is 6.55. The molecule has 6 heteroatoms. The minimum atomic E-state index is -0.329. The SMILES string of the molecule is C=C(Cl)Cl.C=COC(C)=O.ClCCCl. The Kier molecular flexibility index (Phi) is 26.4. The zero-order chi connectivity index (χ0) is 12.0. The third-order valence-corrected chi connectivity index (χ3v) is 0.892. The third-order valence-electron chi connectivity index (χ3n) is 0.321. The first-order valence-corrected chi connectivity index (χ1v) is 5.14. The summed E-state index contributed by atoms with van der Waals surface area (Å²) >= 11 is 19.8. The monoisotopic (exact) mass is 280 g/mol. The molecule has 0 amide bonds. The minimum Gasteiger partial charge on any atom is -0.435 e. The normalized spacial score (nSPS) is 6.93. The predicted molar refractivity (Wildman–Crippen MR) is 64.2 cm³/mol. The third kappa shape index (κ3) is 88.5. The molecule has 0 aliphatic carbocycles. The molecule has 0 rings (SSSR count). The summed E-state index contributed by atoms with van der Waals surface area (Å²) in [6, 6.07) is 0. The van der Waals surface area contributed by atoms with Crippen LogP contribution in [0.15, 0.2) is 23.9 Å². The lowest BCUT2D eigenvalue weighted by Crippen LogP contribution is -1.87. The van der Waals surface area contributed by atoms with Crippen LogP contribution in [-0.2, 0) is 9.53 Å². The molecule has 2 nitrogen and oxygen atoms in total. The number of carbonyl (C=O) groups is 1. The van der Waals surface area contributed by atoms with Crippen molar-refractivity contribution in [2.24, 2.45) is 0 Å². The fourth-order valence-electron chi connectivity index (χ4n) is 0.117. The average Bonchev–Trinajstić information content (AvgIpc) is 2.03. The van der Waals surface area contributed by atoms with Crippen molar-refractivity contribution in [2.45, 2.75) is 6.92 Å². The molecule has 0 fully saturated rings. The van der Waals surface area contributed by atoms with Crippen molar-refractivity contribution in [1.29, 1.82) is 0 Å². The zero-order valence-electron chi connectivity index (χ0n) is 7.73. The Bertz CT molecular complexity index is 153. The van der Waals surface area contributed by atoms with Crippen molar-refractivity contribution in [3.8, 4) is 0 Å². The lowest BCUT2D eigenvalue weighted by Gasteiger charge is -1.83. The molecule has 0 N–H and O–H groups in total. The summed E-state index contributed by atoms with van der Waals surface area (Å²) in [5, 5.41) is 0. The highest BCUT2D eigenvalue weighted by Gasteiger charge is 1.79. The van der Waals surface area contributed by atoms with Crippen LogP contribution in [0, 0.1) is 0 Å². The number of hydrogen-bond acceptors (Lipinski definition) is 2. The Morgan fingerprint density at radius 1 is 1.36 bits per heavy atom. The molecule has 0 bridgehead atoms. The Hall–Kier alpha value is 0.110. The van der Waals surface area contributed by atoms with Gasteiger partial charge in [0.15, 0.2) is 0 Å². The average molecular weight is 282 g/mol. The molecular formula is C8H12Cl4O2. The maximum absolute atomic E-state index is 9.75. The van der Waals surface area contributed by atoms with Crippen LogP contribution >= 0.6 is 46.4 Å². The lowest BCUT2D eigenvalue weighted by molar-refractivity contribution is -0.135. The van der Waals surface area contributed by atoms with Gasteiger partial charge < -0.3 is 4.74 Å². The lowest BCUT2D eigenvalue weighted by atomic mass is 10.8. The van der Waals surface area contributed by atoms with Gasteiger partial charge in [-0.1, -0.05) is 36.4 Å². The molecule has 0 saturated heterocycles. The van der Waals surface area contributed by atoms with Gasteiger partial charge in [-0.15, -0.1) is 23.2 Å². The summed E-state index contributed by atoms with van der Waals surface area (Å²) in [6.07, 6.45) is 1.10. The summed E-state index contributed by atoms with van der Waals surface area (Å²) in [5.74, 6) is 0.785. The molecule has 0 atom stereocenters. The Morgan fingerprint density at radius 3 is 1.64 bits per heavy atom. The van der Waals surface area contributed by atoms with Crippen LogP contribution < -0.4 is 0 Å². The number of alkyl halides is 2. The number of esters is 1. The smallest absolute Gasteiger partial charge is 0.307 e. The Labute approximate surface area is 104 Å². The van der Waals surface area contributed by atoms with Crippen molar-refractivity contribution in [3.63, 3.8) is 0 Å². The van der Waals surface area contributed by atoms with Crippen molar-refractivity contribution < 1.29 is 9.53 Å². The van der Waals surface area contributed by atoms with Crippen LogP contribution in [0.2, 0.25) is 0 Å². The quantitative estimate of drug-likeness (QED) is 0.433. The van der Waals surface area contributed by atoms with E-state index in [1.165, 1.54) is 6.92 Å². The first kappa shape index (κ1) is 19.6. The second kappa shape index (κ2) is 18.8. The summed E-state index contributed by atoms with van der Waals surface area (Å²) < 4.78 is 4.28. The second-order valence-electron chi connectivity index (χ2n) is 1.49. The van der Waals surface area contributed by atoms with Crippen LogP contribution in [0.3, 0.4) is 0 Å². The fourth-order valence-corrected chi connectivity index (χ4v) is 0.117. The van der Waals surface area contributed by atoms with Crippen LogP contribution in [-0.4, -0.2) is 17.7 Å². The summed E-state index contributed by atoms with van der Waals surface area (Å²) in [5.41, 5.74) is 0. The molecule has 0 saturated carbocycles. The van der Waals surface area contributed by atoms with E-state index in [1.807, 2.05) is 0 Å². The Morgan fingerprint density at radius 2 is 1.64 bits per heavy atom. The second-order valence-corrected chi connectivity index (χ2v) is 3.35. The maximum Gasteiger partial charge on any atom is 0.307 e. The molecule has 0 aromatic carbocycles. The predicted octanol–water partition coefficient (Wildman–Crippen LogP) is 4.09. The zero-order valence-corrected chi connectivity index (χ0v) is 10.8. The van der Waals surface area contributed by atoms with E-state index in [0.29, 0.717) is 11.8 Å². The van der Waals surface area contributed by atoms with E-state index in [0.717, 1.165) is 6.26 Å². The van der Waals surface area contributed by atoms with Crippen molar-refractivity contribution >= 4 is 52.4 Å². The molecule has 0 aliphatic rings. The molecular weight excluding hydrogens is 270 g/mol. The number of ether oxygens (including phenoxy) is 1. The minimum absolute atomic E-state index is 0.111. The van der Waals surface area contributed by atoms with Gasteiger partial charge in [-0.2, -0.15) is 0 Å². The van der Waals surface area contributed by atoms with Crippen LogP contribution in [0.5, 0.6) is 0 Å². The van der Waals surface area contributed by atoms with E-state index in [2.05, 4.69) is 17.9 Å². The number of rotatable bonds is 2. The van der Waals surface area contributed by atoms with Crippen molar-refractivity contribution in [3.05, 3.63) is 23.9 Å². The van der Waals surface area contributed by atoms with Gasteiger partial charge in [-0.3, -0.25) is 4.79 Å². The van der Waals surface area contributed by atoms with E-state index in [4.69, 9.17) is 46.4 Å². The topological polar surface area (TPSA) is 26.3 Å². The fraction of sp³-hybridized carbons (Fsp3) is 0.375. The van der Waals surface area contributed by atoms with E-state index >= 15 is 0 Å². The van der Waals surface area contributed by atoms with E-state index in [1.54, 1.807) is 0 Å². The van der Waals surface area contributed by atoms with Gasteiger partial charge in [0, 0.05) is 18.7 Å². The highest BCUT2D eigenvalue weighted by Crippen LogP contribution is 1.98. The molecule has 0 heterocycles. The summed E-state index contributed by atoms with van der Waals surface area (Å²) in [4.78, 5) is 9.75. The van der Waals surface area contributed by atoms with E-state index < -0.39 is 0 Å². The van der Waals surface area contributed by atoms with Gasteiger partial charge in [0.1, 0.15) is 0 Å². The molecule has 0 aliphatic heterocycles. The largest absolute Gasteiger partial charge is 0.435 e. The first-order valence-electron chi connectivity index (χ1n) is 3.32. The standard InChI is InChI=1S/C4H6O2.C2H2Cl2.C2H4Cl2/c1-3-6-4(2)5;1-2(3)4;3-1-2-4/h3H,1H2,2H3;1H2;1-2H2. The van der Waals surface area contributed by atoms with E-state index in [9.17, 15) is 4.79 Å². The highest BCUT2D eigenvalue weighted by atomic mass is 35.5. The van der Waals surface area contributed by atoms with Gasteiger partial charge in [0.05, 0.1) is 10.8 Å². The molecule has 84 valence electrons. The van der Waals surface area contributed by atoms with Crippen LogP contribution in [0.4, 0.5) is 0 Å².